The Hall–Kier alpha value is -4.48. The van der Waals surface area contributed by atoms with Gasteiger partial charge in [-0.25, -0.2) is 13.8 Å². The van der Waals surface area contributed by atoms with E-state index in [0.717, 1.165) is 14.3 Å². The molecule has 0 radical (unpaired) electrons. The molecule has 41 heavy (non-hydrogen) atoms. The normalized spacial score (nSPS) is 11.2. The lowest BCUT2D eigenvalue weighted by molar-refractivity contribution is -0.119. The second kappa shape index (κ2) is 13.7. The van der Waals surface area contributed by atoms with Gasteiger partial charge in [-0.2, -0.15) is 5.10 Å². The Kier molecular flexibility index (Phi) is 9.88. The molecule has 0 atom stereocenters. The fourth-order valence-electron chi connectivity index (χ4n) is 3.62. The van der Waals surface area contributed by atoms with Gasteiger partial charge in [0.2, 0.25) is 0 Å². The van der Waals surface area contributed by atoms with Crippen LogP contribution in [0.25, 0.3) is 0 Å². The van der Waals surface area contributed by atoms with Crippen LogP contribution in [-0.4, -0.2) is 39.6 Å². The van der Waals surface area contributed by atoms with E-state index in [0.29, 0.717) is 22.7 Å². The summed E-state index contributed by atoms with van der Waals surface area (Å²) in [5.41, 5.74) is 4.97. The lowest BCUT2D eigenvalue weighted by Gasteiger charge is -2.23. The number of aryl methyl sites for hydroxylation is 1. The van der Waals surface area contributed by atoms with E-state index < -0.39 is 22.5 Å². The van der Waals surface area contributed by atoms with E-state index in [1.54, 1.807) is 72.8 Å². The van der Waals surface area contributed by atoms with Crippen molar-refractivity contribution in [2.75, 3.05) is 22.8 Å². The van der Waals surface area contributed by atoms with Crippen molar-refractivity contribution in [1.82, 2.24) is 5.43 Å². The number of halogens is 1. The first kappa shape index (κ1) is 29.5. The van der Waals surface area contributed by atoms with Gasteiger partial charge in [0.25, 0.3) is 21.8 Å². The molecule has 4 aromatic carbocycles. The zero-order chi connectivity index (χ0) is 29.2. The van der Waals surface area contributed by atoms with Gasteiger partial charge in [-0.15, -0.1) is 0 Å². The Morgan fingerprint density at radius 3 is 2.20 bits per heavy atom. The lowest BCUT2D eigenvalue weighted by atomic mass is 10.2. The minimum Gasteiger partial charge on any atom is -0.484 e. The summed E-state index contributed by atoms with van der Waals surface area (Å²) >= 11 is 3.34. The van der Waals surface area contributed by atoms with Gasteiger partial charge in [-0.05, 0) is 85.3 Å². The SMILES string of the molecule is Cc1ccc(S(=O)(=O)N(CC(=O)N/N=C\c2ccc(OCC(=O)Nc3ccccc3)cc2)c2ccc(Br)cc2)cc1. The third-order valence-electron chi connectivity index (χ3n) is 5.72. The summed E-state index contributed by atoms with van der Waals surface area (Å²) in [5, 5.41) is 6.70. The summed E-state index contributed by atoms with van der Waals surface area (Å²) < 4.78 is 34.2. The van der Waals surface area contributed by atoms with Crippen molar-refractivity contribution in [1.29, 1.82) is 0 Å². The maximum atomic E-state index is 13.4. The molecular weight excluding hydrogens is 608 g/mol. The molecule has 210 valence electrons. The van der Waals surface area contributed by atoms with Crippen LogP contribution in [0.5, 0.6) is 5.75 Å². The quantitative estimate of drug-likeness (QED) is 0.175. The van der Waals surface area contributed by atoms with Crippen molar-refractivity contribution in [3.63, 3.8) is 0 Å². The molecule has 4 rings (SSSR count). The minimum absolute atomic E-state index is 0.0715. The molecule has 0 aliphatic rings. The number of benzene rings is 4. The standard InChI is InChI=1S/C30H27BrN4O5S/c1-22-7-17-28(18-8-22)41(38,39)35(26-13-11-24(31)12-14-26)20-29(36)34-32-19-23-9-15-27(16-10-23)40-21-30(37)33-25-5-3-2-4-6-25/h2-19H,20-21H2,1H3,(H,33,37)(H,34,36)/b32-19-. The highest BCUT2D eigenvalue weighted by Crippen LogP contribution is 2.25. The lowest BCUT2D eigenvalue weighted by Crippen LogP contribution is -2.39. The fraction of sp³-hybridized carbons (Fsp3) is 0.100. The van der Waals surface area contributed by atoms with E-state index in [4.69, 9.17) is 4.74 Å². The van der Waals surface area contributed by atoms with Gasteiger partial charge in [0.05, 0.1) is 16.8 Å². The van der Waals surface area contributed by atoms with Crippen molar-refractivity contribution in [2.24, 2.45) is 5.10 Å². The average molecular weight is 636 g/mol. The predicted octanol–water partition coefficient (Wildman–Crippen LogP) is 5.12. The first-order valence-corrected chi connectivity index (χ1v) is 14.7. The van der Waals surface area contributed by atoms with Crippen molar-refractivity contribution >= 4 is 55.4 Å². The summed E-state index contributed by atoms with van der Waals surface area (Å²) in [4.78, 5) is 24.9. The maximum absolute atomic E-state index is 13.4. The van der Waals surface area contributed by atoms with Crippen LogP contribution in [0.15, 0.2) is 118 Å². The van der Waals surface area contributed by atoms with Gasteiger partial charge in [-0.3, -0.25) is 13.9 Å². The number of hydrogen-bond acceptors (Lipinski definition) is 6. The van der Waals surface area contributed by atoms with E-state index in [1.165, 1.54) is 18.3 Å². The first-order valence-electron chi connectivity index (χ1n) is 12.5. The van der Waals surface area contributed by atoms with Crippen LogP contribution in [0.3, 0.4) is 0 Å². The number of anilines is 2. The van der Waals surface area contributed by atoms with Crippen LogP contribution in [0.1, 0.15) is 11.1 Å². The van der Waals surface area contributed by atoms with Gasteiger partial charge in [0.15, 0.2) is 6.61 Å². The number of nitrogens with zero attached hydrogens (tertiary/aromatic N) is 2. The van der Waals surface area contributed by atoms with Gasteiger partial charge >= 0.3 is 0 Å². The fourth-order valence-corrected chi connectivity index (χ4v) is 5.31. The van der Waals surface area contributed by atoms with Gasteiger partial charge < -0.3 is 10.1 Å². The number of rotatable bonds is 11. The minimum atomic E-state index is -4.03. The third kappa shape index (κ3) is 8.50. The highest BCUT2D eigenvalue weighted by molar-refractivity contribution is 9.10. The second-order valence-electron chi connectivity index (χ2n) is 8.87. The topological polar surface area (TPSA) is 117 Å². The monoisotopic (exact) mass is 634 g/mol. The summed E-state index contributed by atoms with van der Waals surface area (Å²) in [5.74, 6) is -0.420. The first-order chi connectivity index (χ1) is 19.7. The zero-order valence-corrected chi connectivity index (χ0v) is 24.4. The van der Waals surface area contributed by atoms with E-state index >= 15 is 0 Å². The number of carbonyl (C=O) groups excluding carboxylic acids is 2. The number of ether oxygens (including phenoxy) is 1. The highest BCUT2D eigenvalue weighted by Gasteiger charge is 2.27. The number of para-hydroxylation sites is 1. The largest absolute Gasteiger partial charge is 0.484 e. The number of nitrogens with one attached hydrogen (secondary N) is 2. The van der Waals surface area contributed by atoms with Crippen molar-refractivity contribution in [3.8, 4) is 5.75 Å². The summed E-state index contributed by atoms with van der Waals surface area (Å²) in [6.07, 6.45) is 1.42. The smallest absolute Gasteiger partial charge is 0.264 e. The Bertz CT molecular complexity index is 1610. The van der Waals surface area contributed by atoms with Crippen LogP contribution in [0, 0.1) is 6.92 Å². The molecule has 0 saturated heterocycles. The van der Waals surface area contributed by atoms with E-state index in [-0.39, 0.29) is 17.4 Å². The van der Waals surface area contributed by atoms with Crippen LogP contribution < -0.4 is 19.8 Å². The Morgan fingerprint density at radius 1 is 0.878 bits per heavy atom. The average Bonchev–Trinajstić information content (AvgIpc) is 2.97. The molecule has 2 N–H and O–H groups in total. The van der Waals surface area contributed by atoms with Crippen LogP contribution >= 0.6 is 15.9 Å². The molecule has 9 nitrogen and oxygen atoms in total. The Morgan fingerprint density at radius 2 is 1.54 bits per heavy atom. The maximum Gasteiger partial charge on any atom is 0.264 e. The Labute approximate surface area is 247 Å². The summed E-state index contributed by atoms with van der Waals surface area (Å²) in [6, 6.07) is 28.9. The van der Waals surface area contributed by atoms with Gasteiger partial charge in [-0.1, -0.05) is 51.8 Å². The zero-order valence-electron chi connectivity index (χ0n) is 22.0. The van der Waals surface area contributed by atoms with Crippen molar-refractivity contribution in [2.45, 2.75) is 11.8 Å². The van der Waals surface area contributed by atoms with Crippen LogP contribution in [0.4, 0.5) is 11.4 Å². The molecular formula is C30H27BrN4O5S. The number of sulfonamides is 1. The summed E-state index contributed by atoms with van der Waals surface area (Å²) in [6.45, 7) is 1.23. The third-order valence-corrected chi connectivity index (χ3v) is 8.04. The molecule has 2 amide bonds. The van der Waals surface area contributed by atoms with E-state index in [1.807, 2.05) is 25.1 Å². The summed E-state index contributed by atoms with van der Waals surface area (Å²) in [7, 11) is -4.03. The molecule has 11 heteroatoms. The molecule has 0 aromatic heterocycles. The van der Waals surface area contributed by atoms with E-state index in [9.17, 15) is 18.0 Å². The van der Waals surface area contributed by atoms with E-state index in [2.05, 4.69) is 31.8 Å². The van der Waals surface area contributed by atoms with Crippen LogP contribution in [-0.2, 0) is 19.6 Å². The molecule has 0 aliphatic carbocycles. The molecule has 0 heterocycles. The van der Waals surface area contributed by atoms with Crippen molar-refractivity contribution < 1.29 is 22.7 Å². The predicted molar refractivity (Wildman–Crippen MR) is 163 cm³/mol. The molecule has 0 unspecified atom stereocenters. The number of hydrazone groups is 1. The second-order valence-corrected chi connectivity index (χ2v) is 11.6. The van der Waals surface area contributed by atoms with Gasteiger partial charge in [0, 0.05) is 10.2 Å². The molecule has 0 fully saturated rings. The molecule has 0 spiro atoms. The number of hydrogen-bond donors (Lipinski definition) is 2. The number of amides is 2. The number of carbonyl (C=O) groups is 2. The molecule has 4 aromatic rings. The van der Waals surface area contributed by atoms with Crippen molar-refractivity contribution in [3.05, 3.63) is 119 Å². The molecule has 0 saturated carbocycles. The van der Waals surface area contributed by atoms with Gasteiger partial charge in [0.1, 0.15) is 12.3 Å². The molecule has 0 aliphatic heterocycles. The molecule has 0 bridgehead atoms. The van der Waals surface area contributed by atoms with Crippen LogP contribution in [0.2, 0.25) is 0 Å². The Balaban J connectivity index is 1.35. The highest BCUT2D eigenvalue weighted by atomic mass is 79.9.